The highest BCUT2D eigenvalue weighted by atomic mass is 32.1. The Balaban J connectivity index is 1.40. The number of benzene rings is 1. The molecule has 0 radical (unpaired) electrons. The molecule has 1 N–H and O–H groups in total. The zero-order valence-electron chi connectivity index (χ0n) is 20.7. The van der Waals surface area contributed by atoms with Crippen LogP contribution in [-0.2, 0) is 14.3 Å². The molecule has 0 aliphatic carbocycles. The third kappa shape index (κ3) is 6.34. The van der Waals surface area contributed by atoms with Crippen LogP contribution >= 0.6 is 12.2 Å². The van der Waals surface area contributed by atoms with E-state index in [1.807, 2.05) is 0 Å². The molecule has 12 nitrogen and oxygen atoms in total. The highest BCUT2D eigenvalue weighted by Crippen LogP contribution is 2.32. The second-order valence-electron chi connectivity index (χ2n) is 8.29. The van der Waals surface area contributed by atoms with E-state index in [0.29, 0.717) is 17.9 Å². The van der Waals surface area contributed by atoms with Gasteiger partial charge in [0.1, 0.15) is 23.9 Å². The fourth-order valence-electron chi connectivity index (χ4n) is 4.00. The van der Waals surface area contributed by atoms with E-state index in [2.05, 4.69) is 15.3 Å². The lowest BCUT2D eigenvalue weighted by atomic mass is 10.2. The number of cyclic esters (lactones) is 1. The van der Waals surface area contributed by atoms with Gasteiger partial charge in [-0.2, -0.15) is 0 Å². The van der Waals surface area contributed by atoms with E-state index in [1.54, 1.807) is 0 Å². The third-order valence-corrected chi connectivity index (χ3v) is 6.27. The first-order valence-electron chi connectivity index (χ1n) is 11.7. The maximum Gasteiger partial charge on any atom is 0.414 e. The standard InChI is InChI=1S/C23H26F2N6O6S/c1-34-19-11-18(26-13-27-19)28-22(32)31-6-5-29(7-8-36-31)21-16(24)9-14(10-17(21)25)30-12-15(37-23(30)33)3-4-20(38)35-2/h9-11,13,15H,3-8,12H2,1-2H3,(H,26,27,28,32)/t15-/m0/s1. The molecule has 0 saturated carbocycles. The van der Waals surface area contributed by atoms with Crippen molar-refractivity contribution in [3.05, 3.63) is 36.2 Å². The molecule has 0 bridgehead atoms. The van der Waals surface area contributed by atoms with Crippen LogP contribution in [0.25, 0.3) is 0 Å². The smallest absolute Gasteiger partial charge is 0.414 e. The third-order valence-electron chi connectivity index (χ3n) is 5.90. The minimum absolute atomic E-state index is 0.00931. The van der Waals surface area contributed by atoms with Gasteiger partial charge < -0.3 is 19.1 Å². The average molecular weight is 553 g/mol. The summed E-state index contributed by atoms with van der Waals surface area (Å²) >= 11 is 5.00. The second kappa shape index (κ2) is 12.1. The predicted molar refractivity (Wildman–Crippen MR) is 135 cm³/mol. The van der Waals surface area contributed by atoms with Crippen LogP contribution in [0.1, 0.15) is 12.8 Å². The van der Waals surface area contributed by atoms with Crippen molar-refractivity contribution in [2.24, 2.45) is 0 Å². The van der Waals surface area contributed by atoms with E-state index < -0.39 is 29.9 Å². The number of anilines is 3. The molecule has 15 heteroatoms. The van der Waals surface area contributed by atoms with Crippen molar-refractivity contribution >= 4 is 46.6 Å². The molecule has 1 aromatic carbocycles. The minimum atomic E-state index is -0.859. The Hall–Kier alpha value is -3.85. The maximum atomic E-state index is 15.2. The minimum Gasteiger partial charge on any atom is -0.490 e. The second-order valence-corrected chi connectivity index (χ2v) is 8.74. The number of urea groups is 1. The van der Waals surface area contributed by atoms with Gasteiger partial charge in [0.2, 0.25) is 5.88 Å². The van der Waals surface area contributed by atoms with Crippen molar-refractivity contribution in [2.75, 3.05) is 62.1 Å². The molecule has 2 aromatic rings. The first kappa shape index (κ1) is 27.2. The van der Waals surface area contributed by atoms with E-state index in [0.717, 1.165) is 17.2 Å². The van der Waals surface area contributed by atoms with Crippen molar-refractivity contribution in [2.45, 2.75) is 18.9 Å². The van der Waals surface area contributed by atoms with E-state index in [1.165, 1.54) is 36.4 Å². The number of amides is 3. The summed E-state index contributed by atoms with van der Waals surface area (Å²) in [6.07, 6.45) is 0.896. The van der Waals surface area contributed by atoms with Gasteiger partial charge in [0, 0.05) is 37.7 Å². The Labute approximate surface area is 222 Å². The van der Waals surface area contributed by atoms with Crippen LogP contribution in [0.5, 0.6) is 5.88 Å². The van der Waals surface area contributed by atoms with Crippen LogP contribution in [0, 0.1) is 11.6 Å². The zero-order valence-corrected chi connectivity index (χ0v) is 21.5. The summed E-state index contributed by atoms with van der Waals surface area (Å²) in [6.45, 7) is 0.332. The number of methoxy groups -OCH3 is 2. The summed E-state index contributed by atoms with van der Waals surface area (Å²) in [5, 5.41) is 3.99. The summed E-state index contributed by atoms with van der Waals surface area (Å²) in [5.74, 6) is -1.26. The molecule has 0 spiro atoms. The topological polar surface area (TPSA) is 119 Å². The number of hydrogen-bond donors (Lipinski definition) is 1. The number of ether oxygens (including phenoxy) is 3. The van der Waals surface area contributed by atoms with Gasteiger partial charge in [-0.1, -0.05) is 0 Å². The quantitative estimate of drug-likeness (QED) is 0.513. The molecule has 2 fully saturated rings. The van der Waals surface area contributed by atoms with Gasteiger partial charge >= 0.3 is 12.1 Å². The predicted octanol–water partition coefficient (Wildman–Crippen LogP) is 3.13. The van der Waals surface area contributed by atoms with Gasteiger partial charge in [-0.05, 0) is 18.6 Å². The molecule has 2 aliphatic heterocycles. The van der Waals surface area contributed by atoms with Gasteiger partial charge in [-0.25, -0.2) is 33.4 Å². The average Bonchev–Trinajstić information content (AvgIpc) is 3.11. The Kier molecular flexibility index (Phi) is 8.68. The molecule has 1 aromatic heterocycles. The lowest BCUT2D eigenvalue weighted by Crippen LogP contribution is -2.37. The number of aromatic nitrogens is 2. The molecule has 0 unspecified atom stereocenters. The van der Waals surface area contributed by atoms with E-state index >= 15 is 8.78 Å². The van der Waals surface area contributed by atoms with E-state index in [9.17, 15) is 9.59 Å². The summed E-state index contributed by atoms with van der Waals surface area (Å²) in [5.41, 5.74) is -0.243. The van der Waals surface area contributed by atoms with Gasteiger partial charge in [-0.15, -0.1) is 0 Å². The summed E-state index contributed by atoms with van der Waals surface area (Å²) in [6, 6.07) is 2.99. The first-order chi connectivity index (χ1) is 18.3. The number of hydrogen-bond acceptors (Lipinski definition) is 10. The number of nitrogens with one attached hydrogen (secondary N) is 1. The van der Waals surface area contributed by atoms with Crippen LogP contribution in [0.3, 0.4) is 0 Å². The van der Waals surface area contributed by atoms with Crippen LogP contribution in [0.2, 0.25) is 0 Å². The van der Waals surface area contributed by atoms with Gasteiger partial charge in [-0.3, -0.25) is 15.1 Å². The van der Waals surface area contributed by atoms with Crippen molar-refractivity contribution < 1.29 is 37.4 Å². The van der Waals surface area contributed by atoms with Gasteiger partial charge in [0.05, 0.1) is 39.6 Å². The zero-order chi connectivity index (χ0) is 27.2. The van der Waals surface area contributed by atoms with E-state index in [-0.39, 0.29) is 55.9 Å². The highest BCUT2D eigenvalue weighted by Gasteiger charge is 2.34. The fourth-order valence-corrected chi connectivity index (χ4v) is 4.12. The SMILES string of the molecule is COC(=S)CC[C@H]1CN(c2cc(F)c(N3CCON(C(=O)Nc4cc(OC)ncn4)CC3)c(F)c2)C(=O)O1. The molecular formula is C23H26F2N6O6S. The molecule has 38 heavy (non-hydrogen) atoms. The van der Waals surface area contributed by atoms with Crippen molar-refractivity contribution in [3.8, 4) is 5.88 Å². The maximum absolute atomic E-state index is 15.2. The molecule has 3 amide bonds. The Morgan fingerprint density at radius 2 is 1.95 bits per heavy atom. The van der Waals surface area contributed by atoms with Crippen molar-refractivity contribution in [3.63, 3.8) is 0 Å². The lowest BCUT2D eigenvalue weighted by Gasteiger charge is -2.24. The van der Waals surface area contributed by atoms with Crippen LogP contribution in [0.4, 0.5) is 35.6 Å². The number of carbonyl (C=O) groups excluding carboxylic acids is 2. The van der Waals surface area contributed by atoms with Gasteiger partial charge in [0.15, 0.2) is 16.7 Å². The molecule has 2 saturated heterocycles. The summed E-state index contributed by atoms with van der Waals surface area (Å²) in [4.78, 5) is 40.8. The fraction of sp³-hybridized carbons (Fsp3) is 0.435. The molecule has 3 heterocycles. The van der Waals surface area contributed by atoms with Crippen LogP contribution < -0.4 is 19.9 Å². The Morgan fingerprint density at radius 3 is 2.66 bits per heavy atom. The van der Waals surface area contributed by atoms with Crippen molar-refractivity contribution in [1.29, 1.82) is 0 Å². The van der Waals surface area contributed by atoms with E-state index in [4.69, 9.17) is 31.3 Å². The van der Waals surface area contributed by atoms with Crippen LogP contribution in [0.15, 0.2) is 24.5 Å². The van der Waals surface area contributed by atoms with Crippen molar-refractivity contribution in [1.82, 2.24) is 15.0 Å². The number of hydroxylamine groups is 2. The normalized spacial score (nSPS) is 17.6. The molecular weight excluding hydrogens is 526 g/mol. The molecule has 4 rings (SSSR count). The van der Waals surface area contributed by atoms with Crippen LogP contribution in [-0.4, -0.2) is 85.3 Å². The lowest BCUT2D eigenvalue weighted by molar-refractivity contribution is -0.100. The molecule has 2 aliphatic rings. The molecule has 1 atom stereocenters. The number of halogens is 2. The number of rotatable bonds is 7. The summed E-state index contributed by atoms with van der Waals surface area (Å²) in [7, 11) is 2.89. The number of nitrogens with zero attached hydrogens (tertiary/aromatic N) is 5. The number of carbonyl (C=O) groups is 2. The summed E-state index contributed by atoms with van der Waals surface area (Å²) < 4.78 is 45.6. The van der Waals surface area contributed by atoms with Gasteiger partial charge in [0.25, 0.3) is 0 Å². The first-order valence-corrected chi connectivity index (χ1v) is 12.1. The monoisotopic (exact) mass is 552 g/mol. The Bertz CT molecular complexity index is 1180. The Morgan fingerprint density at radius 1 is 1.18 bits per heavy atom. The highest BCUT2D eigenvalue weighted by molar-refractivity contribution is 7.80. The largest absolute Gasteiger partial charge is 0.490 e. The molecule has 204 valence electrons. The number of thiocarbonyl (C=S) groups is 1.